The average molecular weight is 393 g/mol. The van der Waals surface area contributed by atoms with Crippen molar-refractivity contribution in [1.29, 1.82) is 0 Å². The van der Waals surface area contributed by atoms with E-state index in [1.807, 2.05) is 0 Å². The van der Waals surface area contributed by atoms with E-state index in [1.165, 1.54) is 36.4 Å². The van der Waals surface area contributed by atoms with Crippen molar-refractivity contribution in [3.8, 4) is 0 Å². The topological polar surface area (TPSA) is 122 Å². The molecule has 0 saturated heterocycles. The van der Waals surface area contributed by atoms with Gasteiger partial charge in [-0.3, -0.25) is 24.5 Å². The van der Waals surface area contributed by atoms with Crippen molar-refractivity contribution >= 4 is 29.7 Å². The van der Waals surface area contributed by atoms with Gasteiger partial charge in [-0.1, -0.05) is 12.2 Å². The summed E-state index contributed by atoms with van der Waals surface area (Å²) in [4.78, 5) is 47.8. The Balaban J connectivity index is 3.21. The number of carbonyl (C=O) groups excluding carboxylic acids is 3. The molecule has 28 heavy (non-hydrogen) atoms. The third kappa shape index (κ3) is 5.38. The first-order valence-corrected chi connectivity index (χ1v) is 8.76. The molecular weight excluding hydrogens is 370 g/mol. The summed E-state index contributed by atoms with van der Waals surface area (Å²) in [5, 5.41) is 10.7. The van der Waals surface area contributed by atoms with Crippen molar-refractivity contribution in [1.82, 2.24) is 0 Å². The quantitative estimate of drug-likeness (QED) is 0.195. The summed E-state index contributed by atoms with van der Waals surface area (Å²) in [6.45, 7) is 4.53. The lowest BCUT2D eigenvalue weighted by molar-refractivity contribution is -0.384. The largest absolute Gasteiger partial charge is 0.465 e. The van der Waals surface area contributed by atoms with Gasteiger partial charge in [0.1, 0.15) is 0 Å². The van der Waals surface area contributed by atoms with Gasteiger partial charge in [-0.15, -0.1) is 0 Å². The van der Waals surface area contributed by atoms with Crippen LogP contribution in [0.1, 0.15) is 32.8 Å². The van der Waals surface area contributed by atoms with Crippen molar-refractivity contribution in [2.75, 3.05) is 19.8 Å². The van der Waals surface area contributed by atoms with E-state index in [0.29, 0.717) is 5.56 Å². The molecule has 9 heteroatoms. The third-order valence-electron chi connectivity index (χ3n) is 3.71. The van der Waals surface area contributed by atoms with E-state index >= 15 is 0 Å². The van der Waals surface area contributed by atoms with Crippen LogP contribution >= 0.6 is 0 Å². The molecule has 0 N–H and O–H groups in total. The van der Waals surface area contributed by atoms with Crippen LogP contribution in [0.4, 0.5) is 5.69 Å². The summed E-state index contributed by atoms with van der Waals surface area (Å²) < 4.78 is 14.8. The summed E-state index contributed by atoms with van der Waals surface area (Å²) in [5.41, 5.74) is -1.77. The maximum absolute atomic E-state index is 12.5. The SMILES string of the molecule is CCOC(=O)C(C/C=C/c1ccc([N+](=O)[O-])cc1)(C(=O)OCC)C(=O)OCC. The fraction of sp³-hybridized carbons (Fsp3) is 0.421. The Morgan fingerprint density at radius 2 is 1.36 bits per heavy atom. The number of carbonyl (C=O) groups is 3. The summed E-state index contributed by atoms with van der Waals surface area (Å²) >= 11 is 0. The second-order valence-corrected chi connectivity index (χ2v) is 5.52. The monoisotopic (exact) mass is 393 g/mol. The van der Waals surface area contributed by atoms with Crippen LogP contribution in [0.25, 0.3) is 6.08 Å². The Bertz CT molecular complexity index is 693. The number of hydrogen-bond donors (Lipinski definition) is 0. The van der Waals surface area contributed by atoms with Crippen molar-refractivity contribution in [2.45, 2.75) is 27.2 Å². The molecule has 0 aromatic heterocycles. The van der Waals surface area contributed by atoms with E-state index in [4.69, 9.17) is 14.2 Å². The van der Waals surface area contributed by atoms with Crippen molar-refractivity contribution in [3.63, 3.8) is 0 Å². The summed E-state index contributed by atoms with van der Waals surface area (Å²) in [7, 11) is 0. The molecule has 0 spiro atoms. The standard InChI is InChI=1S/C19H23NO8/c1-4-26-16(21)19(17(22)27-5-2,18(23)28-6-3)13-7-8-14-9-11-15(12-10-14)20(24)25/h7-12H,4-6,13H2,1-3H3/b8-7+. The average Bonchev–Trinajstić information content (AvgIpc) is 2.66. The predicted octanol–water partition coefficient (Wildman–Crippen LogP) is 2.67. The molecule has 0 bridgehead atoms. The molecule has 0 unspecified atom stereocenters. The third-order valence-corrected chi connectivity index (χ3v) is 3.71. The van der Waals surface area contributed by atoms with E-state index < -0.39 is 28.2 Å². The molecule has 1 rings (SSSR count). The molecule has 0 amide bonds. The van der Waals surface area contributed by atoms with Crippen LogP contribution in [0, 0.1) is 15.5 Å². The highest BCUT2D eigenvalue weighted by molar-refractivity contribution is 6.18. The zero-order valence-corrected chi connectivity index (χ0v) is 16.0. The number of non-ortho nitro benzene ring substituents is 1. The zero-order valence-electron chi connectivity index (χ0n) is 16.0. The lowest BCUT2D eigenvalue weighted by atomic mass is 9.84. The molecule has 0 heterocycles. The van der Waals surface area contributed by atoms with Gasteiger partial charge in [0.25, 0.3) is 11.1 Å². The van der Waals surface area contributed by atoms with Gasteiger partial charge in [-0.2, -0.15) is 0 Å². The molecule has 0 aliphatic rings. The van der Waals surface area contributed by atoms with Gasteiger partial charge in [0.15, 0.2) is 0 Å². The van der Waals surface area contributed by atoms with E-state index in [-0.39, 0.29) is 31.9 Å². The molecule has 0 atom stereocenters. The Morgan fingerprint density at radius 1 is 0.929 bits per heavy atom. The molecule has 0 aliphatic carbocycles. The van der Waals surface area contributed by atoms with Crippen molar-refractivity contribution in [2.24, 2.45) is 5.41 Å². The maximum atomic E-state index is 12.5. The highest BCUT2D eigenvalue weighted by Gasteiger charge is 2.56. The Kier molecular flexibility index (Phi) is 8.80. The molecule has 0 saturated carbocycles. The number of allylic oxidation sites excluding steroid dienone is 1. The number of esters is 3. The highest BCUT2D eigenvalue weighted by atomic mass is 16.6. The second-order valence-electron chi connectivity index (χ2n) is 5.52. The number of nitro groups is 1. The number of hydrogen-bond acceptors (Lipinski definition) is 8. The number of rotatable bonds is 10. The molecule has 0 aliphatic heterocycles. The molecule has 1 aromatic rings. The van der Waals surface area contributed by atoms with Gasteiger partial charge in [0.05, 0.1) is 24.7 Å². The highest BCUT2D eigenvalue weighted by Crippen LogP contribution is 2.30. The zero-order chi connectivity index (χ0) is 21.2. The number of nitro benzene ring substituents is 1. The molecule has 1 aromatic carbocycles. The first kappa shape index (κ1) is 22.8. The van der Waals surface area contributed by atoms with E-state index in [1.54, 1.807) is 20.8 Å². The smallest absolute Gasteiger partial charge is 0.335 e. The summed E-state index contributed by atoms with van der Waals surface area (Å²) in [6, 6.07) is 5.62. The Labute approximate surface area is 162 Å². The van der Waals surface area contributed by atoms with E-state index in [2.05, 4.69) is 0 Å². The van der Waals surface area contributed by atoms with Crippen LogP contribution in [0.2, 0.25) is 0 Å². The first-order valence-electron chi connectivity index (χ1n) is 8.76. The van der Waals surface area contributed by atoms with Gasteiger partial charge in [-0.25, -0.2) is 0 Å². The van der Waals surface area contributed by atoms with Crippen LogP contribution in [0.3, 0.4) is 0 Å². The molecular formula is C19H23NO8. The first-order chi connectivity index (χ1) is 13.3. The van der Waals surface area contributed by atoms with E-state index in [9.17, 15) is 24.5 Å². The Morgan fingerprint density at radius 3 is 1.71 bits per heavy atom. The number of nitrogens with zero attached hydrogens (tertiary/aromatic N) is 1. The summed E-state index contributed by atoms with van der Waals surface area (Å²) in [6.07, 6.45) is 2.60. The van der Waals surface area contributed by atoms with Crippen LogP contribution < -0.4 is 0 Å². The van der Waals surface area contributed by atoms with Gasteiger partial charge < -0.3 is 14.2 Å². The minimum absolute atomic E-state index is 0.0362. The lowest BCUT2D eigenvalue weighted by Gasteiger charge is -2.25. The summed E-state index contributed by atoms with van der Waals surface area (Å²) in [5.74, 6) is -3.17. The van der Waals surface area contributed by atoms with Crippen LogP contribution in [0.15, 0.2) is 30.3 Å². The normalized spacial score (nSPS) is 11.1. The predicted molar refractivity (Wildman–Crippen MR) is 99.1 cm³/mol. The molecule has 9 nitrogen and oxygen atoms in total. The van der Waals surface area contributed by atoms with Crippen molar-refractivity contribution in [3.05, 3.63) is 46.0 Å². The minimum Gasteiger partial charge on any atom is -0.465 e. The number of benzene rings is 1. The molecule has 152 valence electrons. The fourth-order valence-corrected chi connectivity index (χ4v) is 2.34. The van der Waals surface area contributed by atoms with E-state index in [0.717, 1.165) is 0 Å². The lowest BCUT2D eigenvalue weighted by Crippen LogP contribution is -2.49. The van der Waals surface area contributed by atoms with Crippen LogP contribution in [0.5, 0.6) is 0 Å². The van der Waals surface area contributed by atoms with Crippen LogP contribution in [-0.2, 0) is 28.6 Å². The maximum Gasteiger partial charge on any atom is 0.335 e. The van der Waals surface area contributed by atoms with Crippen molar-refractivity contribution < 1.29 is 33.5 Å². The fourth-order valence-electron chi connectivity index (χ4n) is 2.34. The Hall–Kier alpha value is -3.23. The van der Waals surface area contributed by atoms with Gasteiger partial charge in [0, 0.05) is 18.6 Å². The van der Waals surface area contributed by atoms with Crippen LogP contribution in [-0.4, -0.2) is 42.7 Å². The molecule has 0 fully saturated rings. The second kappa shape index (κ2) is 10.8. The minimum atomic E-state index is -2.28. The van der Waals surface area contributed by atoms with Gasteiger partial charge >= 0.3 is 17.9 Å². The molecule has 0 radical (unpaired) electrons. The van der Waals surface area contributed by atoms with Gasteiger partial charge in [0.2, 0.25) is 0 Å². The van der Waals surface area contributed by atoms with Gasteiger partial charge in [-0.05, 0) is 38.5 Å². The number of ether oxygens (including phenoxy) is 3.